The van der Waals surface area contributed by atoms with Crippen molar-refractivity contribution in [2.45, 2.75) is 19.1 Å². The maximum absolute atomic E-state index is 11.7. The minimum Gasteiger partial charge on any atom is -0.290 e. The smallest absolute Gasteiger partial charge is 0.228 e. The molecule has 0 fully saturated rings. The molecular weight excluding hydrogens is 303 g/mol. The summed E-state index contributed by atoms with van der Waals surface area (Å²) in [5.74, 6) is 0.799. The molecule has 0 unspecified atom stereocenters. The third-order valence-electron chi connectivity index (χ3n) is 2.78. The topological polar surface area (TPSA) is 32.7 Å². The Morgan fingerprint density at radius 2 is 2.26 bits per heavy atom. The fourth-order valence-electron chi connectivity index (χ4n) is 1.75. The Morgan fingerprint density at radius 3 is 2.95 bits per heavy atom. The van der Waals surface area contributed by atoms with Gasteiger partial charge in [0.25, 0.3) is 0 Å². The Kier molecular flexibility index (Phi) is 5.13. The van der Waals surface area contributed by atoms with Crippen LogP contribution < -0.4 is 0 Å². The van der Waals surface area contributed by atoms with Crippen LogP contribution in [0.25, 0.3) is 0 Å². The Balaban J connectivity index is 2.00. The van der Waals surface area contributed by atoms with Crippen molar-refractivity contribution in [3.63, 3.8) is 0 Å². The SMILES string of the molecule is CCC(=O)N1CCN=C1SCc1ccc(Cl)cc1Cl. The number of nitrogens with zero attached hydrogens (tertiary/aromatic N) is 2. The van der Waals surface area contributed by atoms with Crippen molar-refractivity contribution in [1.82, 2.24) is 4.90 Å². The number of hydrogen-bond donors (Lipinski definition) is 0. The van der Waals surface area contributed by atoms with Crippen molar-refractivity contribution in [3.8, 4) is 0 Å². The summed E-state index contributed by atoms with van der Waals surface area (Å²) in [5.41, 5.74) is 0.995. The van der Waals surface area contributed by atoms with E-state index in [9.17, 15) is 4.79 Å². The van der Waals surface area contributed by atoms with Crippen molar-refractivity contribution in [2.24, 2.45) is 4.99 Å². The van der Waals surface area contributed by atoms with Gasteiger partial charge in [-0.1, -0.05) is 48.0 Å². The molecule has 0 saturated heterocycles. The third kappa shape index (κ3) is 3.65. The lowest BCUT2D eigenvalue weighted by Gasteiger charge is -2.17. The molecule has 102 valence electrons. The quantitative estimate of drug-likeness (QED) is 0.848. The van der Waals surface area contributed by atoms with E-state index in [4.69, 9.17) is 23.2 Å². The van der Waals surface area contributed by atoms with Crippen LogP contribution in [0.1, 0.15) is 18.9 Å². The van der Waals surface area contributed by atoms with E-state index in [1.807, 2.05) is 19.1 Å². The second-order valence-electron chi connectivity index (χ2n) is 4.09. The van der Waals surface area contributed by atoms with Crippen molar-refractivity contribution >= 4 is 46.0 Å². The number of halogens is 2. The van der Waals surface area contributed by atoms with Crippen LogP contribution in [0.5, 0.6) is 0 Å². The summed E-state index contributed by atoms with van der Waals surface area (Å²) in [6.45, 7) is 3.23. The van der Waals surface area contributed by atoms with Gasteiger partial charge in [0.05, 0.1) is 6.54 Å². The molecule has 0 aliphatic carbocycles. The van der Waals surface area contributed by atoms with Crippen LogP contribution in [0.2, 0.25) is 10.0 Å². The summed E-state index contributed by atoms with van der Waals surface area (Å²) >= 11 is 13.5. The Hall–Kier alpha value is -0.710. The lowest BCUT2D eigenvalue weighted by atomic mass is 10.2. The van der Waals surface area contributed by atoms with E-state index in [1.165, 1.54) is 11.8 Å². The van der Waals surface area contributed by atoms with Crippen LogP contribution in [-0.2, 0) is 10.5 Å². The number of amides is 1. The van der Waals surface area contributed by atoms with Gasteiger partial charge in [-0.05, 0) is 17.7 Å². The van der Waals surface area contributed by atoms with E-state index in [1.54, 1.807) is 11.0 Å². The Morgan fingerprint density at radius 1 is 1.47 bits per heavy atom. The van der Waals surface area contributed by atoms with E-state index >= 15 is 0 Å². The van der Waals surface area contributed by atoms with Gasteiger partial charge in [-0.2, -0.15) is 0 Å². The molecule has 0 spiro atoms. The van der Waals surface area contributed by atoms with Crippen LogP contribution >= 0.6 is 35.0 Å². The molecular formula is C13H14Cl2N2OS. The fourth-order valence-corrected chi connectivity index (χ4v) is 3.38. The molecule has 0 atom stereocenters. The van der Waals surface area contributed by atoms with Gasteiger partial charge in [0.15, 0.2) is 5.17 Å². The molecule has 3 nitrogen and oxygen atoms in total. The zero-order valence-corrected chi connectivity index (χ0v) is 12.9. The second kappa shape index (κ2) is 6.64. The second-order valence-corrected chi connectivity index (χ2v) is 5.87. The van der Waals surface area contributed by atoms with Gasteiger partial charge in [0.2, 0.25) is 5.91 Å². The number of hydrogen-bond acceptors (Lipinski definition) is 3. The van der Waals surface area contributed by atoms with Crippen molar-refractivity contribution < 1.29 is 4.79 Å². The zero-order chi connectivity index (χ0) is 13.8. The predicted octanol–water partition coefficient (Wildman–Crippen LogP) is 3.83. The molecule has 2 rings (SSSR count). The highest BCUT2D eigenvalue weighted by Crippen LogP contribution is 2.26. The molecule has 1 aliphatic heterocycles. The van der Waals surface area contributed by atoms with Gasteiger partial charge in [-0.25, -0.2) is 0 Å². The molecule has 1 aliphatic rings. The summed E-state index contributed by atoms with van der Waals surface area (Å²) in [6, 6.07) is 5.44. The maximum atomic E-state index is 11.7. The number of carbonyl (C=O) groups excluding carboxylic acids is 1. The number of aliphatic imine (C=N–C) groups is 1. The lowest BCUT2D eigenvalue weighted by molar-refractivity contribution is -0.126. The molecule has 0 saturated carbocycles. The average molecular weight is 317 g/mol. The number of amidine groups is 1. The van der Waals surface area contributed by atoms with Gasteiger partial charge in [0, 0.05) is 28.8 Å². The fraction of sp³-hybridized carbons (Fsp3) is 0.385. The molecule has 1 aromatic rings. The van der Waals surface area contributed by atoms with Crippen LogP contribution in [0, 0.1) is 0 Å². The summed E-state index contributed by atoms with van der Waals surface area (Å²) < 4.78 is 0. The first-order valence-corrected chi connectivity index (χ1v) is 7.77. The van der Waals surface area contributed by atoms with Gasteiger partial charge >= 0.3 is 0 Å². The molecule has 1 amide bonds. The van der Waals surface area contributed by atoms with E-state index in [2.05, 4.69) is 4.99 Å². The minimum atomic E-state index is 0.117. The third-order valence-corrected chi connectivity index (χ3v) is 4.43. The van der Waals surface area contributed by atoms with E-state index in [-0.39, 0.29) is 5.91 Å². The number of carbonyl (C=O) groups is 1. The minimum absolute atomic E-state index is 0.117. The molecule has 0 N–H and O–H groups in total. The van der Waals surface area contributed by atoms with Crippen molar-refractivity contribution in [2.75, 3.05) is 13.1 Å². The van der Waals surface area contributed by atoms with Crippen LogP contribution in [0.15, 0.2) is 23.2 Å². The highest BCUT2D eigenvalue weighted by atomic mass is 35.5. The number of benzene rings is 1. The van der Waals surface area contributed by atoms with E-state index in [0.717, 1.165) is 10.7 Å². The summed E-state index contributed by atoms with van der Waals surface area (Å²) in [4.78, 5) is 17.8. The summed E-state index contributed by atoms with van der Waals surface area (Å²) in [5, 5.41) is 2.06. The number of rotatable bonds is 3. The largest absolute Gasteiger partial charge is 0.290 e. The van der Waals surface area contributed by atoms with Gasteiger partial charge < -0.3 is 0 Å². The monoisotopic (exact) mass is 316 g/mol. The van der Waals surface area contributed by atoms with Crippen LogP contribution in [0.3, 0.4) is 0 Å². The van der Waals surface area contributed by atoms with Crippen LogP contribution in [0.4, 0.5) is 0 Å². The molecule has 0 bridgehead atoms. The molecule has 1 heterocycles. The van der Waals surface area contributed by atoms with Crippen molar-refractivity contribution in [1.29, 1.82) is 0 Å². The van der Waals surface area contributed by atoms with E-state index in [0.29, 0.717) is 35.3 Å². The molecule has 6 heteroatoms. The van der Waals surface area contributed by atoms with Gasteiger partial charge in [-0.3, -0.25) is 14.7 Å². The Labute approximate surface area is 127 Å². The molecule has 1 aromatic carbocycles. The number of thioether (sulfide) groups is 1. The Bertz CT molecular complexity index is 519. The van der Waals surface area contributed by atoms with Crippen LogP contribution in [-0.4, -0.2) is 29.1 Å². The average Bonchev–Trinajstić information content (AvgIpc) is 2.85. The first kappa shape index (κ1) is 14.7. The zero-order valence-electron chi connectivity index (χ0n) is 10.5. The summed E-state index contributed by atoms with van der Waals surface area (Å²) in [6.07, 6.45) is 0.501. The molecule has 0 radical (unpaired) electrons. The maximum Gasteiger partial charge on any atom is 0.228 e. The predicted molar refractivity (Wildman–Crippen MR) is 82.1 cm³/mol. The first-order chi connectivity index (χ1) is 9.11. The highest BCUT2D eigenvalue weighted by molar-refractivity contribution is 8.13. The van der Waals surface area contributed by atoms with Crippen molar-refractivity contribution in [3.05, 3.63) is 33.8 Å². The highest BCUT2D eigenvalue weighted by Gasteiger charge is 2.22. The van der Waals surface area contributed by atoms with Gasteiger partial charge in [0.1, 0.15) is 0 Å². The van der Waals surface area contributed by atoms with E-state index < -0.39 is 0 Å². The lowest BCUT2D eigenvalue weighted by Crippen LogP contribution is -2.32. The molecule has 19 heavy (non-hydrogen) atoms. The standard InChI is InChI=1S/C13H14Cl2N2OS/c1-2-12(18)17-6-5-16-13(17)19-8-9-3-4-10(14)7-11(9)15/h3-4,7H,2,5-6,8H2,1H3. The molecule has 0 aromatic heterocycles. The normalized spacial score (nSPS) is 14.7. The first-order valence-electron chi connectivity index (χ1n) is 6.03. The summed E-state index contributed by atoms with van der Waals surface area (Å²) in [7, 11) is 0. The van der Waals surface area contributed by atoms with Gasteiger partial charge in [-0.15, -0.1) is 0 Å².